The van der Waals surface area contributed by atoms with E-state index in [0.29, 0.717) is 11.0 Å². The molecule has 5 heteroatoms. The first kappa shape index (κ1) is 10.4. The Morgan fingerprint density at radius 2 is 2.12 bits per heavy atom. The van der Waals surface area contributed by atoms with Crippen LogP contribution in [0.4, 0.5) is 0 Å². The third-order valence-corrected chi connectivity index (χ3v) is 2.41. The molecule has 82 valence electrons. The topological polar surface area (TPSA) is 83.0 Å². The summed E-state index contributed by atoms with van der Waals surface area (Å²) in [5.74, 6) is -1.97. The summed E-state index contributed by atoms with van der Waals surface area (Å²) in [4.78, 5) is 29.1. The number of nitrogens with one attached hydrogen (secondary N) is 1. The van der Waals surface area contributed by atoms with Crippen LogP contribution in [0.25, 0.3) is 11.0 Å². The van der Waals surface area contributed by atoms with Crippen molar-refractivity contribution in [2.75, 3.05) is 0 Å². The smallest absolute Gasteiger partial charge is 0.312 e. The highest BCUT2D eigenvalue weighted by Gasteiger charge is 2.19. The van der Waals surface area contributed by atoms with Crippen LogP contribution < -0.4 is 5.56 Å². The number of hydrogen-bond acceptors (Lipinski definition) is 3. The van der Waals surface area contributed by atoms with Crippen LogP contribution in [0.15, 0.2) is 29.1 Å². The maximum atomic E-state index is 11.6. The number of carbonyl (C=O) groups is 1. The molecule has 0 saturated heterocycles. The van der Waals surface area contributed by atoms with Crippen molar-refractivity contribution in [3.63, 3.8) is 0 Å². The highest BCUT2D eigenvalue weighted by atomic mass is 16.4. The van der Waals surface area contributed by atoms with Crippen molar-refractivity contribution in [2.24, 2.45) is 0 Å². The zero-order valence-corrected chi connectivity index (χ0v) is 8.60. The Labute approximate surface area is 90.8 Å². The molecule has 1 heterocycles. The van der Waals surface area contributed by atoms with Gasteiger partial charge in [0.15, 0.2) is 0 Å². The summed E-state index contributed by atoms with van der Waals surface area (Å²) < 4.78 is 0. The Morgan fingerprint density at radius 3 is 2.81 bits per heavy atom. The van der Waals surface area contributed by atoms with Gasteiger partial charge in [-0.25, -0.2) is 4.98 Å². The number of hydrogen-bond donors (Lipinski definition) is 2. The van der Waals surface area contributed by atoms with Crippen molar-refractivity contribution in [1.29, 1.82) is 0 Å². The van der Waals surface area contributed by atoms with Crippen LogP contribution in [0.1, 0.15) is 18.5 Å². The number of benzene rings is 1. The second kappa shape index (κ2) is 3.77. The van der Waals surface area contributed by atoms with Gasteiger partial charge in [-0.15, -0.1) is 0 Å². The Morgan fingerprint density at radius 1 is 1.44 bits per heavy atom. The van der Waals surface area contributed by atoms with Gasteiger partial charge in [0.2, 0.25) is 0 Å². The van der Waals surface area contributed by atoms with Gasteiger partial charge in [-0.2, -0.15) is 0 Å². The lowest BCUT2D eigenvalue weighted by molar-refractivity contribution is -0.138. The maximum absolute atomic E-state index is 11.6. The summed E-state index contributed by atoms with van der Waals surface area (Å²) in [6, 6.07) is 7.01. The molecule has 0 aliphatic rings. The molecular formula is C11H10N2O3. The fraction of sp³-hybridized carbons (Fsp3) is 0.182. The van der Waals surface area contributed by atoms with Crippen LogP contribution in [-0.2, 0) is 4.79 Å². The molecule has 2 N–H and O–H groups in total. The lowest BCUT2D eigenvalue weighted by Crippen LogP contribution is -2.22. The number of H-pyrrole nitrogens is 1. The van der Waals surface area contributed by atoms with Crippen LogP contribution in [-0.4, -0.2) is 21.0 Å². The monoisotopic (exact) mass is 218 g/mol. The fourth-order valence-corrected chi connectivity index (χ4v) is 1.45. The van der Waals surface area contributed by atoms with E-state index in [-0.39, 0.29) is 5.69 Å². The first-order valence-electron chi connectivity index (χ1n) is 4.81. The second-order valence-corrected chi connectivity index (χ2v) is 3.53. The van der Waals surface area contributed by atoms with E-state index in [9.17, 15) is 9.59 Å². The zero-order chi connectivity index (χ0) is 11.7. The van der Waals surface area contributed by atoms with Crippen LogP contribution >= 0.6 is 0 Å². The largest absolute Gasteiger partial charge is 0.481 e. The number of aromatic nitrogens is 2. The summed E-state index contributed by atoms with van der Waals surface area (Å²) >= 11 is 0. The molecule has 5 nitrogen and oxygen atoms in total. The molecule has 0 fully saturated rings. The van der Waals surface area contributed by atoms with E-state index in [1.165, 1.54) is 6.92 Å². The molecule has 2 rings (SSSR count). The molecule has 0 saturated carbocycles. The van der Waals surface area contributed by atoms with E-state index in [0.717, 1.165) is 0 Å². The summed E-state index contributed by atoms with van der Waals surface area (Å²) in [6.45, 7) is 1.44. The lowest BCUT2D eigenvalue weighted by atomic mass is 10.1. The van der Waals surface area contributed by atoms with E-state index in [1.54, 1.807) is 24.3 Å². The van der Waals surface area contributed by atoms with Gasteiger partial charge in [-0.1, -0.05) is 12.1 Å². The fourth-order valence-electron chi connectivity index (χ4n) is 1.45. The molecule has 0 amide bonds. The van der Waals surface area contributed by atoms with Gasteiger partial charge >= 0.3 is 5.97 Å². The standard InChI is InChI=1S/C11H10N2O3/c1-6(11(15)16)9-10(14)13-8-5-3-2-4-7(8)12-9/h2-6H,1H3,(H,13,14)(H,15,16). The maximum Gasteiger partial charge on any atom is 0.312 e. The van der Waals surface area contributed by atoms with Crippen molar-refractivity contribution < 1.29 is 9.90 Å². The number of aromatic amines is 1. The number of fused-ring (bicyclic) bond motifs is 1. The van der Waals surface area contributed by atoms with Gasteiger partial charge in [0.05, 0.1) is 11.0 Å². The molecule has 0 aliphatic heterocycles. The van der Waals surface area contributed by atoms with E-state index in [2.05, 4.69) is 9.97 Å². The van der Waals surface area contributed by atoms with Crippen LogP contribution in [0.5, 0.6) is 0 Å². The van der Waals surface area contributed by atoms with E-state index < -0.39 is 17.4 Å². The minimum Gasteiger partial charge on any atom is -0.481 e. The first-order valence-corrected chi connectivity index (χ1v) is 4.81. The third kappa shape index (κ3) is 1.67. The van der Waals surface area contributed by atoms with E-state index in [4.69, 9.17) is 5.11 Å². The average Bonchev–Trinajstić information content (AvgIpc) is 2.27. The molecule has 2 aromatic rings. The molecule has 1 unspecified atom stereocenters. The first-order chi connectivity index (χ1) is 7.59. The molecular weight excluding hydrogens is 208 g/mol. The number of para-hydroxylation sites is 2. The Kier molecular flexibility index (Phi) is 2.44. The van der Waals surface area contributed by atoms with Gasteiger partial charge in [0, 0.05) is 0 Å². The third-order valence-electron chi connectivity index (χ3n) is 2.41. The van der Waals surface area contributed by atoms with Crippen LogP contribution in [0.2, 0.25) is 0 Å². The van der Waals surface area contributed by atoms with Crippen molar-refractivity contribution in [1.82, 2.24) is 9.97 Å². The molecule has 0 spiro atoms. The van der Waals surface area contributed by atoms with Gasteiger partial charge < -0.3 is 10.1 Å². The zero-order valence-electron chi connectivity index (χ0n) is 8.60. The molecule has 1 aromatic carbocycles. The van der Waals surface area contributed by atoms with Gasteiger partial charge in [0.1, 0.15) is 11.6 Å². The second-order valence-electron chi connectivity index (χ2n) is 3.53. The number of carboxylic acids is 1. The molecule has 1 aromatic heterocycles. The molecule has 1 atom stereocenters. The van der Waals surface area contributed by atoms with Crippen LogP contribution in [0.3, 0.4) is 0 Å². The predicted molar refractivity (Wildman–Crippen MR) is 58.4 cm³/mol. The summed E-state index contributed by atoms with van der Waals surface area (Å²) in [5.41, 5.74) is 0.777. The summed E-state index contributed by atoms with van der Waals surface area (Å²) in [6.07, 6.45) is 0. The Hall–Kier alpha value is -2.17. The predicted octanol–water partition coefficient (Wildman–Crippen LogP) is 1.11. The number of carboxylic acid groups (broad SMARTS) is 1. The average molecular weight is 218 g/mol. The molecule has 0 aliphatic carbocycles. The quantitative estimate of drug-likeness (QED) is 0.790. The molecule has 0 radical (unpaired) electrons. The van der Waals surface area contributed by atoms with Crippen molar-refractivity contribution >= 4 is 17.0 Å². The highest BCUT2D eigenvalue weighted by Crippen LogP contribution is 2.12. The van der Waals surface area contributed by atoms with Gasteiger partial charge in [-0.3, -0.25) is 9.59 Å². The lowest BCUT2D eigenvalue weighted by Gasteiger charge is -2.05. The number of nitrogens with zero attached hydrogens (tertiary/aromatic N) is 1. The van der Waals surface area contributed by atoms with Crippen molar-refractivity contribution in [3.05, 3.63) is 40.3 Å². The van der Waals surface area contributed by atoms with Gasteiger partial charge in [-0.05, 0) is 19.1 Å². The molecule has 0 bridgehead atoms. The van der Waals surface area contributed by atoms with Crippen molar-refractivity contribution in [2.45, 2.75) is 12.8 Å². The Bertz CT molecular complexity index is 603. The van der Waals surface area contributed by atoms with Crippen molar-refractivity contribution in [3.8, 4) is 0 Å². The Balaban J connectivity index is 2.67. The summed E-state index contributed by atoms with van der Waals surface area (Å²) in [7, 11) is 0. The minimum atomic E-state index is -1.06. The normalized spacial score (nSPS) is 12.6. The van der Waals surface area contributed by atoms with Crippen LogP contribution in [0, 0.1) is 0 Å². The molecule has 16 heavy (non-hydrogen) atoms. The number of aliphatic carboxylic acids is 1. The summed E-state index contributed by atoms with van der Waals surface area (Å²) in [5, 5.41) is 8.84. The van der Waals surface area contributed by atoms with E-state index >= 15 is 0 Å². The van der Waals surface area contributed by atoms with Gasteiger partial charge in [0.25, 0.3) is 5.56 Å². The number of rotatable bonds is 2. The highest BCUT2D eigenvalue weighted by molar-refractivity contribution is 5.77. The van der Waals surface area contributed by atoms with E-state index in [1.807, 2.05) is 0 Å². The minimum absolute atomic E-state index is 0.0335. The SMILES string of the molecule is CC(C(=O)O)c1nc2ccccc2[nH]c1=O.